The summed E-state index contributed by atoms with van der Waals surface area (Å²) in [5.41, 5.74) is -3.66. The van der Waals surface area contributed by atoms with E-state index in [1.165, 1.54) is 31.2 Å². The monoisotopic (exact) mass is 287 g/mol. The second kappa shape index (κ2) is 5.92. The summed E-state index contributed by atoms with van der Waals surface area (Å²) in [6.07, 6.45) is -6.35. The molecule has 1 aromatic carbocycles. The fourth-order valence-corrected chi connectivity index (χ4v) is 1.66. The van der Waals surface area contributed by atoms with E-state index in [4.69, 9.17) is 5.26 Å². The molecule has 0 saturated carbocycles. The smallest absolute Gasteiger partial charge is 0.432 e. The number of hydrogen-bond acceptors (Lipinski definition) is 4. The van der Waals surface area contributed by atoms with E-state index in [1.54, 1.807) is 0 Å². The lowest BCUT2D eigenvalue weighted by atomic mass is 9.92. The third kappa shape index (κ3) is 2.75. The van der Waals surface area contributed by atoms with Gasteiger partial charge in [0.2, 0.25) is 0 Å². The molecule has 0 bridgehead atoms. The first-order chi connectivity index (χ1) is 9.29. The highest BCUT2D eigenvalue weighted by atomic mass is 19.4. The number of methoxy groups -OCH3 is 1. The van der Waals surface area contributed by atoms with Crippen LogP contribution in [0.2, 0.25) is 0 Å². The van der Waals surface area contributed by atoms with E-state index in [-0.39, 0.29) is 0 Å². The SMILES string of the molecule is CO[C@](C(=O)O[C@@H](C)C#N)(c1ccccc1)C(F)(F)F. The molecule has 0 fully saturated rings. The van der Waals surface area contributed by atoms with Gasteiger partial charge in [0.1, 0.15) is 6.07 Å². The molecule has 0 aliphatic rings. The minimum absolute atomic E-state index is 0.412. The number of esters is 1. The zero-order valence-electron chi connectivity index (χ0n) is 10.8. The van der Waals surface area contributed by atoms with Crippen molar-refractivity contribution in [2.24, 2.45) is 0 Å². The Morgan fingerprint density at radius 3 is 2.25 bits per heavy atom. The van der Waals surface area contributed by atoms with Crippen LogP contribution in [-0.2, 0) is 19.9 Å². The Labute approximate surface area is 113 Å². The van der Waals surface area contributed by atoms with Crippen molar-refractivity contribution >= 4 is 5.97 Å². The van der Waals surface area contributed by atoms with Crippen molar-refractivity contribution in [2.45, 2.75) is 24.8 Å². The molecule has 1 rings (SSSR count). The summed E-state index contributed by atoms with van der Waals surface area (Å²) in [5, 5.41) is 8.55. The Kier molecular flexibility index (Phi) is 4.73. The summed E-state index contributed by atoms with van der Waals surface area (Å²) >= 11 is 0. The summed E-state index contributed by atoms with van der Waals surface area (Å²) in [6, 6.07) is 7.93. The van der Waals surface area contributed by atoms with E-state index in [9.17, 15) is 18.0 Å². The number of carbonyl (C=O) groups is 1. The number of nitrogens with zero attached hydrogens (tertiary/aromatic N) is 1. The van der Waals surface area contributed by atoms with Crippen molar-refractivity contribution in [1.82, 2.24) is 0 Å². The molecular weight excluding hydrogens is 275 g/mol. The van der Waals surface area contributed by atoms with Gasteiger partial charge in [-0.05, 0) is 6.92 Å². The van der Waals surface area contributed by atoms with Gasteiger partial charge in [-0.1, -0.05) is 30.3 Å². The molecule has 0 amide bonds. The number of hydrogen-bond donors (Lipinski definition) is 0. The second-order valence-corrected chi connectivity index (χ2v) is 3.93. The molecule has 0 N–H and O–H groups in total. The van der Waals surface area contributed by atoms with Crippen LogP contribution in [0.4, 0.5) is 13.2 Å². The van der Waals surface area contributed by atoms with Crippen molar-refractivity contribution in [1.29, 1.82) is 5.26 Å². The number of benzene rings is 1. The van der Waals surface area contributed by atoms with Gasteiger partial charge in [-0.15, -0.1) is 0 Å². The van der Waals surface area contributed by atoms with Crippen LogP contribution in [0.15, 0.2) is 30.3 Å². The van der Waals surface area contributed by atoms with E-state index < -0.39 is 29.4 Å². The third-order valence-corrected chi connectivity index (χ3v) is 2.64. The second-order valence-electron chi connectivity index (χ2n) is 3.93. The fraction of sp³-hybridized carbons (Fsp3) is 0.385. The maximum atomic E-state index is 13.4. The highest BCUT2D eigenvalue weighted by molar-refractivity contribution is 5.83. The molecule has 0 spiro atoms. The lowest BCUT2D eigenvalue weighted by Gasteiger charge is -2.32. The highest BCUT2D eigenvalue weighted by Crippen LogP contribution is 2.43. The molecule has 0 saturated heterocycles. The Hall–Kier alpha value is -2.07. The van der Waals surface area contributed by atoms with Crippen molar-refractivity contribution in [3.63, 3.8) is 0 Å². The molecule has 0 unspecified atom stereocenters. The van der Waals surface area contributed by atoms with Crippen LogP contribution in [0.1, 0.15) is 12.5 Å². The van der Waals surface area contributed by atoms with E-state index in [2.05, 4.69) is 9.47 Å². The lowest BCUT2D eigenvalue weighted by molar-refractivity contribution is -0.277. The summed E-state index contributed by atoms with van der Waals surface area (Å²) in [7, 11) is 0.763. The first kappa shape index (κ1) is 16.0. The van der Waals surface area contributed by atoms with Crippen molar-refractivity contribution in [3.05, 3.63) is 35.9 Å². The summed E-state index contributed by atoms with van der Waals surface area (Å²) in [5.74, 6) is -1.67. The van der Waals surface area contributed by atoms with Gasteiger partial charge >= 0.3 is 12.1 Å². The van der Waals surface area contributed by atoms with Crippen molar-refractivity contribution in [3.8, 4) is 6.07 Å². The van der Waals surface area contributed by atoms with Gasteiger partial charge in [0.15, 0.2) is 6.10 Å². The normalized spacial score (nSPS) is 15.8. The largest absolute Gasteiger partial charge is 0.445 e. The molecule has 0 radical (unpaired) electrons. The third-order valence-electron chi connectivity index (χ3n) is 2.64. The molecule has 0 heterocycles. The lowest BCUT2D eigenvalue weighted by Crippen LogP contribution is -2.52. The molecule has 0 aliphatic heterocycles. The van der Waals surface area contributed by atoms with Crippen molar-refractivity contribution < 1.29 is 27.4 Å². The average molecular weight is 287 g/mol. The summed E-state index contributed by atoms with van der Waals surface area (Å²) in [6.45, 7) is 1.17. The zero-order chi connectivity index (χ0) is 15.4. The van der Waals surface area contributed by atoms with Gasteiger partial charge < -0.3 is 9.47 Å². The number of halogens is 3. The molecule has 4 nitrogen and oxygen atoms in total. The average Bonchev–Trinajstić information content (AvgIpc) is 2.39. The number of carbonyl (C=O) groups excluding carboxylic acids is 1. The maximum Gasteiger partial charge on any atom is 0.432 e. The van der Waals surface area contributed by atoms with Gasteiger partial charge in [-0.25, -0.2) is 4.79 Å². The van der Waals surface area contributed by atoms with Gasteiger partial charge in [-0.3, -0.25) is 0 Å². The Morgan fingerprint density at radius 2 is 1.85 bits per heavy atom. The Morgan fingerprint density at radius 1 is 1.30 bits per heavy atom. The molecule has 108 valence electrons. The minimum Gasteiger partial charge on any atom is -0.445 e. The Bertz CT molecular complexity index is 510. The number of nitriles is 1. The molecular formula is C13H12F3NO3. The van der Waals surface area contributed by atoms with Crippen LogP contribution < -0.4 is 0 Å². The molecule has 0 aliphatic carbocycles. The zero-order valence-corrected chi connectivity index (χ0v) is 10.8. The first-order valence-electron chi connectivity index (χ1n) is 5.57. The van der Waals surface area contributed by atoms with Crippen LogP contribution >= 0.6 is 0 Å². The first-order valence-corrected chi connectivity index (χ1v) is 5.57. The summed E-state index contributed by atoms with van der Waals surface area (Å²) in [4.78, 5) is 11.9. The molecule has 2 atom stereocenters. The van der Waals surface area contributed by atoms with Crippen LogP contribution in [0.5, 0.6) is 0 Å². The standard InChI is InChI=1S/C13H12F3NO3/c1-9(8-17)20-11(18)12(19-2,13(14,15)16)10-6-4-3-5-7-10/h3-7,9H,1-2H3/t9-,12-/m0/s1. The quantitative estimate of drug-likeness (QED) is 0.798. The molecule has 20 heavy (non-hydrogen) atoms. The van der Waals surface area contributed by atoms with E-state index >= 15 is 0 Å². The molecule has 0 aromatic heterocycles. The van der Waals surface area contributed by atoms with E-state index in [0.29, 0.717) is 0 Å². The van der Waals surface area contributed by atoms with Gasteiger partial charge in [0, 0.05) is 12.7 Å². The number of ether oxygens (including phenoxy) is 2. The summed E-state index contributed by atoms with van der Waals surface area (Å²) < 4.78 is 49.1. The highest BCUT2D eigenvalue weighted by Gasteiger charge is 2.64. The van der Waals surface area contributed by atoms with Crippen LogP contribution in [0.25, 0.3) is 0 Å². The molecule has 1 aromatic rings. The number of rotatable bonds is 4. The van der Waals surface area contributed by atoms with Crippen LogP contribution in [0, 0.1) is 11.3 Å². The predicted molar refractivity (Wildman–Crippen MR) is 62.4 cm³/mol. The predicted octanol–water partition coefficient (Wildman–Crippen LogP) is 2.55. The van der Waals surface area contributed by atoms with Gasteiger partial charge in [0.05, 0.1) is 0 Å². The van der Waals surface area contributed by atoms with Gasteiger partial charge in [-0.2, -0.15) is 18.4 Å². The fourth-order valence-electron chi connectivity index (χ4n) is 1.66. The van der Waals surface area contributed by atoms with Crippen molar-refractivity contribution in [2.75, 3.05) is 7.11 Å². The van der Waals surface area contributed by atoms with Crippen LogP contribution in [-0.4, -0.2) is 25.4 Å². The topological polar surface area (TPSA) is 59.3 Å². The van der Waals surface area contributed by atoms with E-state index in [1.807, 2.05) is 0 Å². The Balaban J connectivity index is 3.36. The van der Waals surface area contributed by atoms with Crippen LogP contribution in [0.3, 0.4) is 0 Å². The maximum absolute atomic E-state index is 13.4. The molecule has 7 heteroatoms. The van der Waals surface area contributed by atoms with E-state index in [0.717, 1.165) is 19.2 Å². The number of alkyl halides is 3. The minimum atomic E-state index is -5.03. The van der Waals surface area contributed by atoms with Gasteiger partial charge in [0.25, 0.3) is 5.60 Å².